The molecule has 0 saturated carbocycles. The van der Waals surface area contributed by atoms with Crippen LogP contribution in [0.2, 0.25) is 0 Å². The predicted molar refractivity (Wildman–Crippen MR) is 99.0 cm³/mol. The van der Waals surface area contributed by atoms with E-state index in [1.54, 1.807) is 0 Å². The Bertz CT molecular complexity index is 805. The highest BCUT2D eigenvalue weighted by molar-refractivity contribution is 5.84. The van der Waals surface area contributed by atoms with E-state index < -0.39 is 0 Å². The zero-order valence-electron chi connectivity index (χ0n) is 14.3. The summed E-state index contributed by atoms with van der Waals surface area (Å²) >= 11 is 0. The number of hydrogen-bond acceptors (Lipinski definition) is 1. The number of amides is 1. The molecule has 1 amide bonds. The van der Waals surface area contributed by atoms with Crippen molar-refractivity contribution < 1.29 is 4.79 Å². The molecule has 3 aromatic rings. The molecular formula is C21H24N2O. The second-order valence-corrected chi connectivity index (χ2v) is 6.65. The highest BCUT2D eigenvalue weighted by Crippen LogP contribution is 2.30. The molecule has 124 valence electrons. The molecule has 0 fully saturated rings. The minimum atomic E-state index is 0.116. The summed E-state index contributed by atoms with van der Waals surface area (Å²) in [5.41, 5.74) is 3.57. The van der Waals surface area contributed by atoms with Crippen LogP contribution >= 0.6 is 0 Å². The molecule has 1 heterocycles. The van der Waals surface area contributed by atoms with Gasteiger partial charge in [0.15, 0.2) is 0 Å². The number of benzene rings is 2. The molecule has 0 spiro atoms. The molecule has 0 bridgehead atoms. The number of nitrogens with one attached hydrogen (secondary N) is 2. The lowest BCUT2D eigenvalue weighted by Crippen LogP contribution is -2.29. The van der Waals surface area contributed by atoms with Crippen LogP contribution in [0.25, 0.3) is 10.9 Å². The fraction of sp³-hybridized carbons (Fsp3) is 0.286. The number of carbonyl (C=O) groups excluding carboxylic acids is 1. The van der Waals surface area contributed by atoms with Gasteiger partial charge in [-0.05, 0) is 23.1 Å². The Kier molecular flexibility index (Phi) is 4.99. The van der Waals surface area contributed by atoms with E-state index in [-0.39, 0.29) is 11.8 Å². The summed E-state index contributed by atoms with van der Waals surface area (Å²) in [4.78, 5) is 15.4. The highest BCUT2D eigenvalue weighted by atomic mass is 16.1. The van der Waals surface area contributed by atoms with Crippen molar-refractivity contribution in [2.45, 2.75) is 26.2 Å². The van der Waals surface area contributed by atoms with E-state index in [2.05, 4.69) is 60.7 Å². The van der Waals surface area contributed by atoms with E-state index in [1.807, 2.05) is 24.3 Å². The molecule has 24 heavy (non-hydrogen) atoms. The number of rotatable bonds is 6. The van der Waals surface area contributed by atoms with E-state index in [0.717, 1.165) is 5.52 Å². The van der Waals surface area contributed by atoms with Crippen molar-refractivity contribution in [3.8, 4) is 0 Å². The molecule has 2 aromatic carbocycles. The maximum absolute atomic E-state index is 12.1. The van der Waals surface area contributed by atoms with Crippen LogP contribution in [-0.2, 0) is 4.79 Å². The SMILES string of the molecule is CC(C)CC(=O)NCC(c1ccccc1)c1c[nH]c2ccccc12. The lowest BCUT2D eigenvalue weighted by molar-refractivity contribution is -0.121. The predicted octanol–water partition coefficient (Wildman–Crippen LogP) is 4.46. The van der Waals surface area contributed by atoms with Crippen molar-refractivity contribution in [3.05, 3.63) is 71.9 Å². The molecule has 0 radical (unpaired) electrons. The summed E-state index contributed by atoms with van der Waals surface area (Å²) in [6.07, 6.45) is 2.63. The van der Waals surface area contributed by atoms with Gasteiger partial charge >= 0.3 is 0 Å². The van der Waals surface area contributed by atoms with Crippen molar-refractivity contribution >= 4 is 16.8 Å². The summed E-state index contributed by atoms with van der Waals surface area (Å²) in [5, 5.41) is 4.33. The fourth-order valence-corrected chi connectivity index (χ4v) is 3.13. The minimum Gasteiger partial charge on any atom is -0.361 e. The molecule has 1 unspecified atom stereocenters. The quantitative estimate of drug-likeness (QED) is 0.692. The maximum Gasteiger partial charge on any atom is 0.220 e. The lowest BCUT2D eigenvalue weighted by Gasteiger charge is -2.18. The smallest absolute Gasteiger partial charge is 0.220 e. The molecule has 2 N–H and O–H groups in total. The van der Waals surface area contributed by atoms with E-state index >= 15 is 0 Å². The minimum absolute atomic E-state index is 0.116. The summed E-state index contributed by atoms with van der Waals surface area (Å²) < 4.78 is 0. The van der Waals surface area contributed by atoms with E-state index in [4.69, 9.17) is 0 Å². The number of hydrogen-bond donors (Lipinski definition) is 2. The van der Waals surface area contributed by atoms with Gasteiger partial charge in [-0.15, -0.1) is 0 Å². The number of H-pyrrole nitrogens is 1. The summed E-state index contributed by atoms with van der Waals surface area (Å²) in [6, 6.07) is 18.7. The van der Waals surface area contributed by atoms with Gasteiger partial charge in [-0.3, -0.25) is 4.79 Å². The highest BCUT2D eigenvalue weighted by Gasteiger charge is 2.19. The first-order valence-electron chi connectivity index (χ1n) is 8.53. The zero-order chi connectivity index (χ0) is 16.9. The standard InChI is InChI=1S/C21H24N2O/c1-15(2)12-21(24)23-13-18(16-8-4-3-5-9-16)19-14-22-20-11-7-6-10-17(19)20/h3-11,14-15,18,22H,12-13H2,1-2H3,(H,23,24). The van der Waals surface area contributed by atoms with Crippen LogP contribution in [0, 0.1) is 5.92 Å². The summed E-state index contributed by atoms with van der Waals surface area (Å²) in [7, 11) is 0. The molecular weight excluding hydrogens is 296 g/mol. The molecule has 3 nitrogen and oxygen atoms in total. The number of aromatic amines is 1. The number of fused-ring (bicyclic) bond motifs is 1. The van der Waals surface area contributed by atoms with Crippen LogP contribution in [0.4, 0.5) is 0 Å². The topological polar surface area (TPSA) is 44.9 Å². The molecule has 3 rings (SSSR count). The van der Waals surface area contributed by atoms with Crippen LogP contribution < -0.4 is 5.32 Å². The molecule has 0 aliphatic carbocycles. The van der Waals surface area contributed by atoms with Crippen molar-refractivity contribution in [2.24, 2.45) is 5.92 Å². The Balaban J connectivity index is 1.90. The fourth-order valence-electron chi connectivity index (χ4n) is 3.13. The van der Waals surface area contributed by atoms with Crippen LogP contribution in [0.5, 0.6) is 0 Å². The Hall–Kier alpha value is -2.55. The molecule has 0 saturated heterocycles. The molecule has 1 aromatic heterocycles. The Morgan fingerprint density at radius 3 is 2.50 bits per heavy atom. The van der Waals surface area contributed by atoms with Gasteiger partial charge in [-0.1, -0.05) is 62.4 Å². The first kappa shape index (κ1) is 16.3. The molecule has 1 atom stereocenters. The Labute approximate surface area is 143 Å². The van der Waals surface area contributed by atoms with Gasteiger partial charge < -0.3 is 10.3 Å². The molecule has 0 aliphatic rings. The van der Waals surface area contributed by atoms with Crippen LogP contribution in [-0.4, -0.2) is 17.4 Å². The average molecular weight is 320 g/mol. The third kappa shape index (κ3) is 3.67. The first-order valence-corrected chi connectivity index (χ1v) is 8.53. The van der Waals surface area contributed by atoms with Crippen molar-refractivity contribution in [2.75, 3.05) is 6.54 Å². The lowest BCUT2D eigenvalue weighted by atomic mass is 9.91. The van der Waals surface area contributed by atoms with Gasteiger partial charge in [0.1, 0.15) is 0 Å². The summed E-state index contributed by atoms with van der Waals surface area (Å²) in [5.74, 6) is 0.623. The van der Waals surface area contributed by atoms with E-state index in [0.29, 0.717) is 18.9 Å². The van der Waals surface area contributed by atoms with Crippen LogP contribution in [0.15, 0.2) is 60.8 Å². The molecule has 0 aliphatic heterocycles. The average Bonchev–Trinajstić information content (AvgIpc) is 3.00. The Morgan fingerprint density at radius 2 is 1.75 bits per heavy atom. The second-order valence-electron chi connectivity index (χ2n) is 6.65. The van der Waals surface area contributed by atoms with Gasteiger partial charge in [0, 0.05) is 36.0 Å². The number of carbonyl (C=O) groups is 1. The van der Waals surface area contributed by atoms with E-state index in [1.165, 1.54) is 16.5 Å². The first-order chi connectivity index (χ1) is 11.6. The van der Waals surface area contributed by atoms with Gasteiger partial charge in [0.05, 0.1) is 0 Å². The number of para-hydroxylation sites is 1. The van der Waals surface area contributed by atoms with Gasteiger partial charge in [-0.25, -0.2) is 0 Å². The zero-order valence-corrected chi connectivity index (χ0v) is 14.3. The van der Waals surface area contributed by atoms with Crippen LogP contribution in [0.3, 0.4) is 0 Å². The van der Waals surface area contributed by atoms with Gasteiger partial charge in [0.25, 0.3) is 0 Å². The van der Waals surface area contributed by atoms with Gasteiger partial charge in [0.2, 0.25) is 5.91 Å². The third-order valence-corrected chi connectivity index (χ3v) is 4.30. The number of aromatic nitrogens is 1. The van der Waals surface area contributed by atoms with Crippen molar-refractivity contribution in [1.29, 1.82) is 0 Å². The van der Waals surface area contributed by atoms with Crippen LogP contribution in [0.1, 0.15) is 37.3 Å². The largest absolute Gasteiger partial charge is 0.361 e. The summed E-state index contributed by atoms with van der Waals surface area (Å²) in [6.45, 7) is 4.74. The monoisotopic (exact) mass is 320 g/mol. The van der Waals surface area contributed by atoms with Gasteiger partial charge in [-0.2, -0.15) is 0 Å². The third-order valence-electron chi connectivity index (χ3n) is 4.30. The van der Waals surface area contributed by atoms with E-state index in [9.17, 15) is 4.79 Å². The Morgan fingerprint density at radius 1 is 1.04 bits per heavy atom. The van der Waals surface area contributed by atoms with Crippen molar-refractivity contribution in [3.63, 3.8) is 0 Å². The maximum atomic E-state index is 12.1. The molecule has 3 heteroatoms. The normalized spacial score (nSPS) is 12.5. The van der Waals surface area contributed by atoms with Crippen molar-refractivity contribution in [1.82, 2.24) is 10.3 Å². The second kappa shape index (κ2) is 7.35.